The van der Waals surface area contributed by atoms with Crippen LogP contribution in [0.15, 0.2) is 49.1 Å². The van der Waals surface area contributed by atoms with Gasteiger partial charge in [-0.15, -0.1) is 0 Å². The molecule has 3 aromatic rings. The topological polar surface area (TPSA) is 106 Å². The molecule has 23 heavy (non-hydrogen) atoms. The molecule has 0 saturated heterocycles. The molecule has 6 N–H and O–H groups in total. The molecule has 2 aromatic heterocycles. The second-order valence-electron chi connectivity index (χ2n) is 5.39. The molecule has 2 heterocycles. The molecule has 0 atom stereocenters. The standard InChI is InChI=1S/C17H20N6/c1-11(18)20-8-4-7-15-17(19)22-10-16(23-15)13-9-21-14-6-3-2-5-12(13)14/h2-3,5-6,9-10,20-21H,1,4,7-8,18H2,(H2,19,22). The zero-order valence-electron chi connectivity index (χ0n) is 12.8. The van der Waals surface area contributed by atoms with Crippen LogP contribution in [0.3, 0.4) is 0 Å². The summed E-state index contributed by atoms with van der Waals surface area (Å²) in [5, 5.41) is 4.11. The zero-order valence-corrected chi connectivity index (χ0v) is 12.8. The summed E-state index contributed by atoms with van der Waals surface area (Å²) in [4.78, 5) is 12.2. The number of aryl methyl sites for hydroxylation is 1. The van der Waals surface area contributed by atoms with Gasteiger partial charge >= 0.3 is 0 Å². The Morgan fingerprint density at radius 3 is 2.96 bits per heavy atom. The molecular weight excluding hydrogens is 288 g/mol. The van der Waals surface area contributed by atoms with Crippen molar-refractivity contribution in [3.05, 3.63) is 54.8 Å². The van der Waals surface area contributed by atoms with E-state index in [1.807, 2.05) is 24.4 Å². The van der Waals surface area contributed by atoms with Gasteiger partial charge in [-0.25, -0.2) is 9.97 Å². The molecule has 0 saturated carbocycles. The van der Waals surface area contributed by atoms with E-state index in [1.54, 1.807) is 6.20 Å². The normalized spacial score (nSPS) is 10.8. The summed E-state index contributed by atoms with van der Waals surface area (Å²) in [5.41, 5.74) is 15.2. The number of hydrogen-bond acceptors (Lipinski definition) is 5. The molecule has 118 valence electrons. The molecule has 3 rings (SSSR count). The molecule has 0 aliphatic heterocycles. The number of rotatable bonds is 6. The van der Waals surface area contributed by atoms with Gasteiger partial charge in [-0.1, -0.05) is 24.8 Å². The van der Waals surface area contributed by atoms with Crippen LogP contribution >= 0.6 is 0 Å². The monoisotopic (exact) mass is 308 g/mol. The molecule has 1 aromatic carbocycles. The first-order valence-corrected chi connectivity index (χ1v) is 7.51. The molecule has 0 amide bonds. The van der Waals surface area contributed by atoms with E-state index in [1.165, 1.54) is 0 Å². The Kier molecular flexibility index (Phi) is 4.14. The lowest BCUT2D eigenvalue weighted by molar-refractivity contribution is 0.711. The maximum atomic E-state index is 5.95. The summed E-state index contributed by atoms with van der Waals surface area (Å²) in [6, 6.07) is 8.11. The number of aromatic amines is 1. The van der Waals surface area contributed by atoms with Crippen LogP contribution in [0.5, 0.6) is 0 Å². The first-order chi connectivity index (χ1) is 11.1. The molecule has 0 aliphatic rings. The Morgan fingerprint density at radius 2 is 2.13 bits per heavy atom. The van der Waals surface area contributed by atoms with Crippen LogP contribution in [-0.4, -0.2) is 21.5 Å². The lowest BCUT2D eigenvalue weighted by atomic mass is 10.1. The van der Waals surface area contributed by atoms with E-state index < -0.39 is 0 Å². The average Bonchev–Trinajstić information content (AvgIpc) is 2.97. The maximum absolute atomic E-state index is 5.95. The molecule has 0 aliphatic carbocycles. The van der Waals surface area contributed by atoms with Crippen LogP contribution in [0, 0.1) is 0 Å². The van der Waals surface area contributed by atoms with Crippen molar-refractivity contribution in [3.63, 3.8) is 0 Å². The summed E-state index contributed by atoms with van der Waals surface area (Å²) in [7, 11) is 0. The van der Waals surface area contributed by atoms with E-state index in [0.717, 1.165) is 47.2 Å². The van der Waals surface area contributed by atoms with Crippen LogP contribution in [-0.2, 0) is 6.42 Å². The number of nitrogens with one attached hydrogen (secondary N) is 2. The van der Waals surface area contributed by atoms with Crippen molar-refractivity contribution in [1.82, 2.24) is 20.3 Å². The number of aromatic nitrogens is 3. The Hall–Kier alpha value is -3.02. The fourth-order valence-corrected chi connectivity index (χ4v) is 2.54. The fraction of sp³-hybridized carbons (Fsp3) is 0.176. The summed E-state index contributed by atoms with van der Waals surface area (Å²) in [6.45, 7) is 4.33. The van der Waals surface area contributed by atoms with Gasteiger partial charge in [0, 0.05) is 29.2 Å². The number of nitrogens with zero attached hydrogens (tertiary/aromatic N) is 2. The average molecular weight is 308 g/mol. The highest BCUT2D eigenvalue weighted by atomic mass is 15.0. The molecule has 6 nitrogen and oxygen atoms in total. The maximum Gasteiger partial charge on any atom is 0.145 e. The highest BCUT2D eigenvalue weighted by molar-refractivity contribution is 5.94. The van der Waals surface area contributed by atoms with Crippen LogP contribution in [0.25, 0.3) is 22.2 Å². The first kappa shape index (κ1) is 14.9. The predicted molar refractivity (Wildman–Crippen MR) is 93.4 cm³/mol. The Bertz CT molecular complexity index is 836. The van der Waals surface area contributed by atoms with Crippen LogP contribution in [0.1, 0.15) is 12.1 Å². The largest absolute Gasteiger partial charge is 0.386 e. The minimum atomic E-state index is 0.469. The highest BCUT2D eigenvalue weighted by Gasteiger charge is 2.10. The molecular formula is C17H20N6. The van der Waals surface area contributed by atoms with E-state index in [4.69, 9.17) is 16.5 Å². The van der Waals surface area contributed by atoms with Crippen LogP contribution in [0.2, 0.25) is 0 Å². The quantitative estimate of drug-likeness (QED) is 0.522. The van der Waals surface area contributed by atoms with Crippen molar-refractivity contribution in [2.24, 2.45) is 5.73 Å². The zero-order chi connectivity index (χ0) is 16.2. The Labute approximate surface area is 134 Å². The van der Waals surface area contributed by atoms with Crippen LogP contribution in [0.4, 0.5) is 5.82 Å². The van der Waals surface area contributed by atoms with Crippen LogP contribution < -0.4 is 16.8 Å². The minimum absolute atomic E-state index is 0.469. The van der Waals surface area contributed by atoms with Gasteiger partial charge in [-0.2, -0.15) is 0 Å². The molecule has 6 heteroatoms. The molecule has 0 unspecified atom stereocenters. The fourth-order valence-electron chi connectivity index (χ4n) is 2.54. The van der Waals surface area contributed by atoms with E-state index in [0.29, 0.717) is 11.6 Å². The molecule has 0 spiro atoms. The van der Waals surface area contributed by atoms with E-state index in [-0.39, 0.29) is 0 Å². The van der Waals surface area contributed by atoms with Gasteiger partial charge in [0.05, 0.1) is 23.4 Å². The van der Waals surface area contributed by atoms with Crippen molar-refractivity contribution in [2.75, 3.05) is 12.3 Å². The summed E-state index contributed by atoms with van der Waals surface area (Å²) in [5.74, 6) is 0.941. The van der Waals surface area contributed by atoms with Crippen molar-refractivity contribution < 1.29 is 0 Å². The third kappa shape index (κ3) is 3.26. The number of fused-ring (bicyclic) bond motifs is 1. The summed E-state index contributed by atoms with van der Waals surface area (Å²) < 4.78 is 0. The second kappa shape index (κ2) is 6.39. The lowest BCUT2D eigenvalue weighted by Gasteiger charge is -2.08. The second-order valence-corrected chi connectivity index (χ2v) is 5.39. The Morgan fingerprint density at radius 1 is 1.30 bits per heavy atom. The van der Waals surface area contributed by atoms with Gasteiger partial charge < -0.3 is 21.8 Å². The molecule has 0 fully saturated rings. The number of para-hydroxylation sites is 1. The van der Waals surface area contributed by atoms with E-state index in [2.05, 4.69) is 27.9 Å². The Balaban J connectivity index is 1.84. The summed E-state index contributed by atoms with van der Waals surface area (Å²) >= 11 is 0. The van der Waals surface area contributed by atoms with Gasteiger partial charge in [0.2, 0.25) is 0 Å². The molecule has 0 radical (unpaired) electrons. The van der Waals surface area contributed by atoms with Gasteiger partial charge in [-0.05, 0) is 18.9 Å². The smallest absolute Gasteiger partial charge is 0.145 e. The van der Waals surface area contributed by atoms with Crippen molar-refractivity contribution in [2.45, 2.75) is 12.8 Å². The van der Waals surface area contributed by atoms with Gasteiger partial charge in [-0.3, -0.25) is 0 Å². The number of hydrogen-bond donors (Lipinski definition) is 4. The van der Waals surface area contributed by atoms with Gasteiger partial charge in [0.15, 0.2) is 0 Å². The first-order valence-electron chi connectivity index (χ1n) is 7.51. The number of H-pyrrole nitrogens is 1. The van der Waals surface area contributed by atoms with Gasteiger partial charge in [0.1, 0.15) is 5.82 Å². The van der Waals surface area contributed by atoms with Crippen molar-refractivity contribution in [3.8, 4) is 11.3 Å². The molecule has 0 bridgehead atoms. The number of benzene rings is 1. The lowest BCUT2D eigenvalue weighted by Crippen LogP contribution is -2.20. The van der Waals surface area contributed by atoms with E-state index >= 15 is 0 Å². The third-order valence-electron chi connectivity index (χ3n) is 3.68. The SMILES string of the molecule is C=C(N)NCCCc1nc(-c2c[nH]c3ccccc23)cnc1N. The number of anilines is 1. The number of nitrogens with two attached hydrogens (primary N) is 2. The summed E-state index contributed by atoms with van der Waals surface area (Å²) in [6.07, 6.45) is 5.25. The van der Waals surface area contributed by atoms with Crippen molar-refractivity contribution in [1.29, 1.82) is 0 Å². The van der Waals surface area contributed by atoms with Gasteiger partial charge in [0.25, 0.3) is 0 Å². The highest BCUT2D eigenvalue weighted by Crippen LogP contribution is 2.27. The third-order valence-corrected chi connectivity index (χ3v) is 3.68. The predicted octanol–water partition coefficient (Wildman–Crippen LogP) is 2.16. The minimum Gasteiger partial charge on any atom is -0.386 e. The number of nitrogen functional groups attached to an aromatic ring is 1. The van der Waals surface area contributed by atoms with Crippen molar-refractivity contribution >= 4 is 16.7 Å². The van der Waals surface area contributed by atoms with E-state index in [9.17, 15) is 0 Å².